The molecule has 15 heavy (non-hydrogen) atoms. The molecule has 6 heteroatoms. The SMILES string of the molecule is Cc1cc([N+](=O)[O-])ccc1OCCN.Cl. The molecule has 0 fully saturated rings. The van der Waals surface area contributed by atoms with Crippen LogP contribution in [0.25, 0.3) is 0 Å². The molecule has 0 spiro atoms. The van der Waals surface area contributed by atoms with E-state index in [9.17, 15) is 10.1 Å². The van der Waals surface area contributed by atoms with Crippen molar-refractivity contribution < 1.29 is 9.66 Å². The van der Waals surface area contributed by atoms with Crippen LogP contribution in [0.5, 0.6) is 5.75 Å². The summed E-state index contributed by atoms with van der Waals surface area (Å²) in [6, 6.07) is 4.48. The third kappa shape index (κ3) is 3.73. The smallest absolute Gasteiger partial charge is 0.269 e. The van der Waals surface area contributed by atoms with Gasteiger partial charge in [-0.15, -0.1) is 12.4 Å². The molecule has 0 aromatic heterocycles. The summed E-state index contributed by atoms with van der Waals surface area (Å²) in [6.07, 6.45) is 0. The molecule has 0 atom stereocenters. The van der Waals surface area contributed by atoms with Crippen molar-refractivity contribution in [3.8, 4) is 5.75 Å². The summed E-state index contributed by atoms with van der Waals surface area (Å²) in [5.74, 6) is 0.640. The molecule has 0 amide bonds. The van der Waals surface area contributed by atoms with Gasteiger partial charge in [0, 0.05) is 18.7 Å². The Hall–Kier alpha value is -1.33. The van der Waals surface area contributed by atoms with E-state index in [1.165, 1.54) is 12.1 Å². The zero-order chi connectivity index (χ0) is 10.6. The first-order chi connectivity index (χ1) is 6.65. The van der Waals surface area contributed by atoms with E-state index < -0.39 is 4.92 Å². The fourth-order valence-electron chi connectivity index (χ4n) is 1.08. The monoisotopic (exact) mass is 232 g/mol. The fourth-order valence-corrected chi connectivity index (χ4v) is 1.08. The maximum absolute atomic E-state index is 10.4. The quantitative estimate of drug-likeness (QED) is 0.633. The highest BCUT2D eigenvalue weighted by Gasteiger charge is 2.08. The van der Waals surface area contributed by atoms with Crippen LogP contribution in [0.15, 0.2) is 18.2 Å². The normalized spacial score (nSPS) is 9.20. The largest absolute Gasteiger partial charge is 0.492 e. The number of ether oxygens (including phenoxy) is 1. The predicted octanol–water partition coefficient (Wildman–Crippen LogP) is 1.66. The molecule has 0 saturated heterocycles. The summed E-state index contributed by atoms with van der Waals surface area (Å²) in [7, 11) is 0. The first-order valence-corrected chi connectivity index (χ1v) is 4.23. The van der Waals surface area contributed by atoms with Gasteiger partial charge in [-0.2, -0.15) is 0 Å². The van der Waals surface area contributed by atoms with Crippen molar-refractivity contribution in [1.82, 2.24) is 0 Å². The molecule has 0 saturated carbocycles. The number of nitrogens with two attached hydrogens (primary N) is 1. The molecule has 0 aliphatic heterocycles. The number of hydrogen-bond donors (Lipinski definition) is 1. The second-order valence-electron chi connectivity index (χ2n) is 2.84. The molecule has 0 bridgehead atoms. The first-order valence-electron chi connectivity index (χ1n) is 4.23. The predicted molar refractivity (Wildman–Crippen MR) is 59.6 cm³/mol. The topological polar surface area (TPSA) is 78.4 Å². The maximum atomic E-state index is 10.4. The van der Waals surface area contributed by atoms with E-state index in [1.54, 1.807) is 13.0 Å². The van der Waals surface area contributed by atoms with Gasteiger partial charge in [0.1, 0.15) is 12.4 Å². The molecule has 1 aromatic carbocycles. The Bertz CT molecular complexity index is 344. The summed E-state index contributed by atoms with van der Waals surface area (Å²) in [6.45, 7) is 2.61. The number of nitro benzene ring substituents is 1. The van der Waals surface area contributed by atoms with Gasteiger partial charge in [0.2, 0.25) is 0 Å². The van der Waals surface area contributed by atoms with Crippen molar-refractivity contribution in [1.29, 1.82) is 0 Å². The van der Waals surface area contributed by atoms with Crippen molar-refractivity contribution in [3.05, 3.63) is 33.9 Å². The van der Waals surface area contributed by atoms with Crippen molar-refractivity contribution >= 4 is 18.1 Å². The number of aryl methyl sites for hydroxylation is 1. The average Bonchev–Trinajstić information content (AvgIpc) is 2.15. The molecule has 84 valence electrons. The molecule has 5 nitrogen and oxygen atoms in total. The van der Waals surface area contributed by atoms with Gasteiger partial charge in [0.05, 0.1) is 4.92 Å². The number of nitrogens with zero attached hydrogens (tertiary/aromatic N) is 1. The van der Waals surface area contributed by atoms with E-state index >= 15 is 0 Å². The van der Waals surface area contributed by atoms with Crippen LogP contribution in [-0.2, 0) is 0 Å². The lowest BCUT2D eigenvalue weighted by Crippen LogP contribution is -2.11. The second kappa shape index (κ2) is 6.21. The van der Waals surface area contributed by atoms with Gasteiger partial charge in [0.15, 0.2) is 0 Å². The van der Waals surface area contributed by atoms with Crippen LogP contribution in [0.1, 0.15) is 5.56 Å². The van der Waals surface area contributed by atoms with Gasteiger partial charge in [-0.1, -0.05) is 0 Å². The Morgan fingerprint density at radius 1 is 1.53 bits per heavy atom. The van der Waals surface area contributed by atoms with E-state index in [2.05, 4.69) is 0 Å². The van der Waals surface area contributed by atoms with E-state index in [4.69, 9.17) is 10.5 Å². The lowest BCUT2D eigenvalue weighted by atomic mass is 10.2. The van der Waals surface area contributed by atoms with E-state index in [1.807, 2.05) is 0 Å². The highest BCUT2D eigenvalue weighted by atomic mass is 35.5. The zero-order valence-electron chi connectivity index (χ0n) is 8.30. The van der Waals surface area contributed by atoms with Gasteiger partial charge < -0.3 is 10.5 Å². The van der Waals surface area contributed by atoms with Crippen LogP contribution in [0.4, 0.5) is 5.69 Å². The standard InChI is InChI=1S/C9H12N2O3.ClH/c1-7-6-8(11(12)13)2-3-9(7)14-5-4-10;/h2-3,6H,4-5,10H2,1H3;1H. The number of hydrogen-bond acceptors (Lipinski definition) is 4. The van der Waals surface area contributed by atoms with Gasteiger partial charge in [-0.3, -0.25) is 10.1 Å². The van der Waals surface area contributed by atoms with Gasteiger partial charge in [-0.25, -0.2) is 0 Å². The first kappa shape index (κ1) is 13.7. The molecular weight excluding hydrogens is 220 g/mol. The third-order valence-electron chi connectivity index (χ3n) is 1.74. The summed E-state index contributed by atoms with van der Waals surface area (Å²) in [4.78, 5) is 9.99. The number of benzene rings is 1. The van der Waals surface area contributed by atoms with E-state index in [0.717, 1.165) is 5.56 Å². The summed E-state index contributed by atoms with van der Waals surface area (Å²) in [5.41, 5.74) is 6.09. The molecule has 0 aliphatic rings. The van der Waals surface area contributed by atoms with Crippen molar-refractivity contribution in [3.63, 3.8) is 0 Å². The van der Waals surface area contributed by atoms with Gasteiger partial charge in [-0.05, 0) is 18.6 Å². The Kier molecular flexibility index (Phi) is 5.66. The Morgan fingerprint density at radius 3 is 2.67 bits per heavy atom. The average molecular weight is 233 g/mol. The zero-order valence-corrected chi connectivity index (χ0v) is 9.12. The Balaban J connectivity index is 0.00000196. The number of halogens is 1. The Morgan fingerprint density at radius 2 is 2.20 bits per heavy atom. The van der Waals surface area contributed by atoms with Crippen LogP contribution in [0.2, 0.25) is 0 Å². The second-order valence-corrected chi connectivity index (χ2v) is 2.84. The van der Waals surface area contributed by atoms with Crippen LogP contribution in [-0.4, -0.2) is 18.1 Å². The molecule has 2 N–H and O–H groups in total. The summed E-state index contributed by atoms with van der Waals surface area (Å²) < 4.78 is 5.27. The van der Waals surface area contributed by atoms with Crippen LogP contribution in [0.3, 0.4) is 0 Å². The fraction of sp³-hybridized carbons (Fsp3) is 0.333. The van der Waals surface area contributed by atoms with E-state index in [0.29, 0.717) is 18.9 Å². The van der Waals surface area contributed by atoms with Crippen molar-refractivity contribution in [2.45, 2.75) is 6.92 Å². The van der Waals surface area contributed by atoms with Crippen molar-refractivity contribution in [2.24, 2.45) is 5.73 Å². The van der Waals surface area contributed by atoms with Crippen LogP contribution in [0, 0.1) is 17.0 Å². The third-order valence-corrected chi connectivity index (χ3v) is 1.74. The minimum atomic E-state index is -0.431. The maximum Gasteiger partial charge on any atom is 0.269 e. The van der Waals surface area contributed by atoms with Crippen LogP contribution < -0.4 is 10.5 Å². The van der Waals surface area contributed by atoms with Gasteiger partial charge in [0.25, 0.3) is 5.69 Å². The molecule has 0 aliphatic carbocycles. The summed E-state index contributed by atoms with van der Waals surface area (Å²) >= 11 is 0. The highest BCUT2D eigenvalue weighted by Crippen LogP contribution is 2.22. The van der Waals surface area contributed by atoms with E-state index in [-0.39, 0.29) is 18.1 Å². The number of rotatable bonds is 4. The molecule has 0 unspecified atom stereocenters. The molecule has 0 radical (unpaired) electrons. The van der Waals surface area contributed by atoms with Crippen molar-refractivity contribution in [2.75, 3.05) is 13.2 Å². The highest BCUT2D eigenvalue weighted by molar-refractivity contribution is 5.85. The number of nitro groups is 1. The lowest BCUT2D eigenvalue weighted by molar-refractivity contribution is -0.384. The Labute approximate surface area is 93.8 Å². The van der Waals surface area contributed by atoms with Crippen LogP contribution >= 0.6 is 12.4 Å². The lowest BCUT2D eigenvalue weighted by Gasteiger charge is -2.06. The van der Waals surface area contributed by atoms with Gasteiger partial charge >= 0.3 is 0 Å². The molecule has 0 heterocycles. The molecule has 1 rings (SSSR count). The summed E-state index contributed by atoms with van der Waals surface area (Å²) in [5, 5.41) is 10.4. The minimum Gasteiger partial charge on any atom is -0.492 e. The molecular formula is C9H13ClN2O3. The minimum absolute atomic E-state index is 0. The number of non-ortho nitro benzene ring substituents is 1. The molecule has 1 aromatic rings.